The minimum atomic E-state index is -0.306. The van der Waals surface area contributed by atoms with Gasteiger partial charge in [0.2, 0.25) is 0 Å². The summed E-state index contributed by atoms with van der Waals surface area (Å²) in [7, 11) is 3.81. The first-order valence-electron chi connectivity index (χ1n) is 5.10. The van der Waals surface area contributed by atoms with Crippen molar-refractivity contribution in [3.63, 3.8) is 0 Å². The Hall–Kier alpha value is -0.120. The zero-order chi connectivity index (χ0) is 9.84. The zero-order valence-corrected chi connectivity index (χ0v) is 8.61. The van der Waals surface area contributed by atoms with Crippen LogP contribution in [0.1, 0.15) is 25.7 Å². The van der Waals surface area contributed by atoms with Crippen molar-refractivity contribution in [1.29, 1.82) is 0 Å². The number of aliphatic hydroxyl groups is 2. The van der Waals surface area contributed by atoms with Crippen LogP contribution in [-0.2, 0) is 0 Å². The Morgan fingerprint density at radius 3 is 2.15 bits per heavy atom. The second-order valence-corrected chi connectivity index (χ2v) is 4.34. The Bertz CT molecular complexity index is 142. The van der Waals surface area contributed by atoms with Crippen LogP contribution in [0.2, 0.25) is 0 Å². The smallest absolute Gasteiger partial charge is 0.109 e. The third kappa shape index (κ3) is 2.93. The van der Waals surface area contributed by atoms with E-state index < -0.39 is 0 Å². The summed E-state index contributed by atoms with van der Waals surface area (Å²) in [5.74, 6) is 0.878. The highest BCUT2D eigenvalue weighted by atomic mass is 16.3. The average Bonchev–Trinajstić information content (AvgIpc) is 2.17. The monoisotopic (exact) mass is 187 g/mol. The molecule has 1 unspecified atom stereocenters. The van der Waals surface area contributed by atoms with E-state index in [1.54, 1.807) is 0 Å². The number of rotatable bonds is 3. The SMILES string of the molecule is CN(C)C(O)C1CCC(CO)CC1. The molecule has 1 fully saturated rings. The maximum atomic E-state index is 9.77. The van der Waals surface area contributed by atoms with E-state index >= 15 is 0 Å². The van der Waals surface area contributed by atoms with E-state index in [4.69, 9.17) is 5.11 Å². The number of nitrogens with zero attached hydrogens (tertiary/aromatic N) is 1. The van der Waals surface area contributed by atoms with Crippen LogP contribution in [0.15, 0.2) is 0 Å². The third-order valence-electron chi connectivity index (χ3n) is 3.10. The van der Waals surface area contributed by atoms with E-state index in [-0.39, 0.29) is 6.23 Å². The van der Waals surface area contributed by atoms with E-state index in [2.05, 4.69) is 0 Å². The molecule has 2 N–H and O–H groups in total. The topological polar surface area (TPSA) is 43.7 Å². The first-order valence-corrected chi connectivity index (χ1v) is 5.10. The lowest BCUT2D eigenvalue weighted by molar-refractivity contribution is -0.0302. The van der Waals surface area contributed by atoms with Gasteiger partial charge in [-0.05, 0) is 51.6 Å². The van der Waals surface area contributed by atoms with Crippen LogP contribution in [0, 0.1) is 11.8 Å². The van der Waals surface area contributed by atoms with Crippen molar-refractivity contribution in [3.05, 3.63) is 0 Å². The van der Waals surface area contributed by atoms with Gasteiger partial charge in [0.25, 0.3) is 0 Å². The molecule has 0 aromatic heterocycles. The van der Waals surface area contributed by atoms with Crippen LogP contribution in [-0.4, -0.2) is 42.0 Å². The molecule has 78 valence electrons. The molecule has 0 saturated heterocycles. The molecule has 1 rings (SSSR count). The fourth-order valence-corrected chi connectivity index (χ4v) is 2.09. The van der Waals surface area contributed by atoms with Gasteiger partial charge in [-0.15, -0.1) is 0 Å². The van der Waals surface area contributed by atoms with Crippen molar-refractivity contribution in [2.45, 2.75) is 31.9 Å². The minimum Gasteiger partial charge on any atom is -0.396 e. The van der Waals surface area contributed by atoms with Gasteiger partial charge in [0.1, 0.15) is 6.23 Å². The second-order valence-electron chi connectivity index (χ2n) is 4.34. The fraction of sp³-hybridized carbons (Fsp3) is 1.00. The maximum Gasteiger partial charge on any atom is 0.109 e. The molecule has 1 atom stereocenters. The molecule has 0 aromatic rings. The molecular formula is C10H21NO2. The van der Waals surface area contributed by atoms with Crippen molar-refractivity contribution < 1.29 is 10.2 Å². The Kier molecular flexibility index (Phi) is 4.16. The van der Waals surface area contributed by atoms with Crippen LogP contribution in [0.5, 0.6) is 0 Å². The zero-order valence-electron chi connectivity index (χ0n) is 8.61. The largest absolute Gasteiger partial charge is 0.396 e. The summed E-state index contributed by atoms with van der Waals surface area (Å²) >= 11 is 0. The summed E-state index contributed by atoms with van der Waals surface area (Å²) in [5, 5.41) is 18.7. The summed E-state index contributed by atoms with van der Waals surface area (Å²) < 4.78 is 0. The van der Waals surface area contributed by atoms with Crippen molar-refractivity contribution in [1.82, 2.24) is 4.90 Å². The lowest BCUT2D eigenvalue weighted by Gasteiger charge is -2.33. The number of aliphatic hydroxyl groups excluding tert-OH is 2. The molecule has 0 spiro atoms. The summed E-state index contributed by atoms with van der Waals surface area (Å²) in [6, 6.07) is 0. The van der Waals surface area contributed by atoms with Gasteiger partial charge in [0.05, 0.1) is 0 Å². The summed E-state index contributed by atoms with van der Waals surface area (Å²) in [5.41, 5.74) is 0. The van der Waals surface area contributed by atoms with Gasteiger partial charge in [-0.25, -0.2) is 0 Å². The first-order chi connectivity index (χ1) is 6.15. The van der Waals surface area contributed by atoms with Gasteiger partial charge < -0.3 is 10.2 Å². The van der Waals surface area contributed by atoms with E-state index in [0.29, 0.717) is 18.4 Å². The summed E-state index contributed by atoms with van der Waals surface area (Å²) in [4.78, 5) is 1.87. The van der Waals surface area contributed by atoms with Crippen LogP contribution in [0.25, 0.3) is 0 Å². The minimum absolute atomic E-state index is 0.306. The molecule has 13 heavy (non-hydrogen) atoms. The molecule has 3 nitrogen and oxygen atoms in total. The van der Waals surface area contributed by atoms with Gasteiger partial charge in [0.15, 0.2) is 0 Å². The predicted octanol–water partition coefficient (Wildman–Crippen LogP) is 0.665. The van der Waals surface area contributed by atoms with Gasteiger partial charge in [-0.1, -0.05) is 0 Å². The lowest BCUT2D eigenvalue weighted by atomic mass is 9.81. The van der Waals surface area contributed by atoms with E-state index in [1.807, 2.05) is 19.0 Å². The lowest BCUT2D eigenvalue weighted by Crippen LogP contribution is -2.37. The van der Waals surface area contributed by atoms with Gasteiger partial charge in [-0.3, -0.25) is 4.90 Å². The first kappa shape index (κ1) is 11.0. The molecule has 0 aromatic carbocycles. The average molecular weight is 187 g/mol. The molecule has 1 aliphatic rings. The Morgan fingerprint density at radius 1 is 1.23 bits per heavy atom. The normalized spacial score (nSPS) is 32.1. The molecule has 0 radical (unpaired) electrons. The standard InChI is InChI=1S/C10H21NO2/c1-11(2)10(13)9-5-3-8(7-12)4-6-9/h8-10,12-13H,3-7H2,1-2H3. The Labute approximate surface area is 80.4 Å². The summed E-state index contributed by atoms with van der Waals surface area (Å²) in [6.45, 7) is 0.310. The molecular weight excluding hydrogens is 166 g/mol. The third-order valence-corrected chi connectivity index (χ3v) is 3.10. The predicted molar refractivity (Wildman–Crippen MR) is 52.2 cm³/mol. The fourth-order valence-electron chi connectivity index (χ4n) is 2.09. The molecule has 0 amide bonds. The quantitative estimate of drug-likeness (QED) is 0.638. The van der Waals surface area contributed by atoms with E-state index in [0.717, 1.165) is 25.7 Å². The van der Waals surface area contributed by atoms with Crippen LogP contribution in [0.3, 0.4) is 0 Å². The van der Waals surface area contributed by atoms with Gasteiger partial charge in [0, 0.05) is 6.61 Å². The molecule has 1 aliphatic carbocycles. The maximum absolute atomic E-state index is 9.77. The molecule has 3 heteroatoms. The highest BCUT2D eigenvalue weighted by molar-refractivity contribution is 4.75. The van der Waals surface area contributed by atoms with Crippen LogP contribution in [0.4, 0.5) is 0 Å². The number of hydrogen-bond donors (Lipinski definition) is 2. The van der Waals surface area contributed by atoms with Gasteiger partial charge >= 0.3 is 0 Å². The van der Waals surface area contributed by atoms with E-state index in [1.165, 1.54) is 0 Å². The van der Waals surface area contributed by atoms with Gasteiger partial charge in [-0.2, -0.15) is 0 Å². The highest BCUT2D eigenvalue weighted by Crippen LogP contribution is 2.30. The Morgan fingerprint density at radius 2 is 1.77 bits per heavy atom. The van der Waals surface area contributed by atoms with Crippen molar-refractivity contribution >= 4 is 0 Å². The second kappa shape index (κ2) is 4.94. The highest BCUT2D eigenvalue weighted by Gasteiger charge is 2.26. The molecule has 1 saturated carbocycles. The van der Waals surface area contributed by atoms with Crippen molar-refractivity contribution in [2.24, 2.45) is 11.8 Å². The Balaban J connectivity index is 2.32. The van der Waals surface area contributed by atoms with Crippen molar-refractivity contribution in [3.8, 4) is 0 Å². The number of hydrogen-bond acceptors (Lipinski definition) is 3. The molecule has 0 aliphatic heterocycles. The van der Waals surface area contributed by atoms with E-state index in [9.17, 15) is 5.11 Å². The molecule has 0 heterocycles. The van der Waals surface area contributed by atoms with Crippen LogP contribution >= 0.6 is 0 Å². The van der Waals surface area contributed by atoms with Crippen LogP contribution < -0.4 is 0 Å². The summed E-state index contributed by atoms with van der Waals surface area (Å²) in [6.07, 6.45) is 3.91. The molecule has 0 bridgehead atoms. The van der Waals surface area contributed by atoms with Crippen molar-refractivity contribution in [2.75, 3.05) is 20.7 Å².